The Bertz CT molecular complexity index is 429. The number of rotatable bonds is 1. The predicted molar refractivity (Wildman–Crippen MR) is 65.3 cm³/mol. The van der Waals surface area contributed by atoms with Gasteiger partial charge in [0, 0.05) is 11.3 Å². The molecule has 0 aliphatic heterocycles. The van der Waals surface area contributed by atoms with Crippen molar-refractivity contribution >= 4 is 34.3 Å². The molecule has 1 aromatic heterocycles. The molecule has 0 spiro atoms. The second-order valence-corrected chi connectivity index (χ2v) is 6.47. The van der Waals surface area contributed by atoms with Crippen LogP contribution in [0.4, 0.5) is 0 Å². The molecule has 0 aromatic carbocycles. The van der Waals surface area contributed by atoms with Gasteiger partial charge in [-0.05, 0) is 35.6 Å². The molecule has 0 saturated heterocycles. The number of hydrogen-bond acceptors (Lipinski definition) is 2. The molecule has 1 aliphatic rings. The molecule has 1 aliphatic carbocycles. The van der Waals surface area contributed by atoms with Gasteiger partial charge in [0.15, 0.2) is 5.78 Å². The molecule has 0 fully saturated rings. The van der Waals surface area contributed by atoms with Crippen molar-refractivity contribution in [2.75, 3.05) is 0 Å². The molecule has 0 amide bonds. The van der Waals surface area contributed by atoms with Crippen LogP contribution in [0.2, 0.25) is 4.34 Å². The summed E-state index contributed by atoms with van der Waals surface area (Å²) in [7, 11) is 0. The molecular formula is C12H13ClOS. The highest BCUT2D eigenvalue weighted by molar-refractivity contribution is 7.17. The van der Waals surface area contributed by atoms with Gasteiger partial charge in [0.25, 0.3) is 0 Å². The van der Waals surface area contributed by atoms with Crippen molar-refractivity contribution in [3.63, 3.8) is 0 Å². The van der Waals surface area contributed by atoms with Crippen molar-refractivity contribution in [2.24, 2.45) is 5.41 Å². The van der Waals surface area contributed by atoms with E-state index in [1.807, 2.05) is 12.1 Å². The summed E-state index contributed by atoms with van der Waals surface area (Å²) in [5, 5.41) is 0. The first-order chi connectivity index (χ1) is 6.96. The summed E-state index contributed by atoms with van der Waals surface area (Å²) < 4.78 is 0.779. The Labute approximate surface area is 98.8 Å². The Kier molecular flexibility index (Phi) is 2.73. The molecule has 2 rings (SSSR count). The predicted octanol–water partition coefficient (Wildman–Crippen LogP) is 4.17. The van der Waals surface area contributed by atoms with E-state index in [9.17, 15) is 4.79 Å². The van der Waals surface area contributed by atoms with Gasteiger partial charge >= 0.3 is 0 Å². The Morgan fingerprint density at radius 2 is 2.07 bits per heavy atom. The van der Waals surface area contributed by atoms with E-state index in [0.29, 0.717) is 6.42 Å². The lowest BCUT2D eigenvalue weighted by Crippen LogP contribution is -2.20. The Hall–Kier alpha value is -0.600. The fourth-order valence-corrected chi connectivity index (χ4v) is 3.05. The molecule has 80 valence electrons. The average Bonchev–Trinajstić information content (AvgIpc) is 2.48. The Balaban J connectivity index is 2.34. The largest absolute Gasteiger partial charge is 0.295 e. The zero-order valence-corrected chi connectivity index (χ0v) is 10.4. The number of halogens is 1. The first-order valence-corrected chi connectivity index (χ1v) is 6.15. The van der Waals surface area contributed by atoms with Crippen LogP contribution in [0.15, 0.2) is 18.2 Å². The molecule has 3 heteroatoms. The summed E-state index contributed by atoms with van der Waals surface area (Å²) in [4.78, 5) is 12.7. The number of carbonyl (C=O) groups is 1. The van der Waals surface area contributed by atoms with Crippen molar-refractivity contribution < 1.29 is 4.79 Å². The van der Waals surface area contributed by atoms with Gasteiger partial charge in [-0.25, -0.2) is 0 Å². The standard InChI is InChI=1S/C12H13ClOS/c1-12(2)6-8(5-9(14)7-12)10-3-4-11(13)15-10/h3-5H,6-7H2,1-2H3. The Morgan fingerprint density at radius 3 is 2.60 bits per heavy atom. The van der Waals surface area contributed by atoms with Crippen LogP contribution in [-0.4, -0.2) is 5.78 Å². The van der Waals surface area contributed by atoms with Gasteiger partial charge in [-0.1, -0.05) is 25.4 Å². The van der Waals surface area contributed by atoms with Gasteiger partial charge < -0.3 is 0 Å². The summed E-state index contributed by atoms with van der Waals surface area (Å²) in [6.45, 7) is 4.26. The molecule has 0 radical (unpaired) electrons. The maximum Gasteiger partial charge on any atom is 0.156 e. The lowest BCUT2D eigenvalue weighted by molar-refractivity contribution is -0.116. The van der Waals surface area contributed by atoms with Crippen molar-refractivity contribution in [3.05, 3.63) is 27.4 Å². The molecule has 1 nitrogen and oxygen atoms in total. The van der Waals surface area contributed by atoms with Crippen LogP contribution in [-0.2, 0) is 4.79 Å². The van der Waals surface area contributed by atoms with Crippen molar-refractivity contribution in [2.45, 2.75) is 26.7 Å². The van der Waals surface area contributed by atoms with Gasteiger partial charge in [0.05, 0.1) is 4.34 Å². The summed E-state index contributed by atoms with van der Waals surface area (Å²) in [5.74, 6) is 0.228. The van der Waals surface area contributed by atoms with Crippen LogP contribution in [0.5, 0.6) is 0 Å². The summed E-state index contributed by atoms with van der Waals surface area (Å²) >= 11 is 7.44. The first kappa shape index (κ1) is 10.9. The van der Waals surface area contributed by atoms with Crippen LogP contribution in [0.3, 0.4) is 0 Å². The second-order valence-electron chi connectivity index (χ2n) is 4.76. The fraction of sp³-hybridized carbons (Fsp3) is 0.417. The average molecular weight is 241 g/mol. The SMILES string of the molecule is CC1(C)CC(=O)C=C(c2ccc(Cl)s2)C1. The molecule has 1 aromatic rings. The van der Waals surface area contributed by atoms with E-state index in [1.165, 1.54) is 0 Å². The third-order valence-electron chi connectivity index (χ3n) is 2.55. The smallest absolute Gasteiger partial charge is 0.156 e. The number of ketones is 1. The van der Waals surface area contributed by atoms with Gasteiger partial charge in [-0.15, -0.1) is 11.3 Å². The lowest BCUT2D eigenvalue weighted by Gasteiger charge is -2.28. The monoisotopic (exact) mass is 240 g/mol. The van der Waals surface area contributed by atoms with E-state index >= 15 is 0 Å². The third kappa shape index (κ3) is 2.50. The Morgan fingerprint density at radius 1 is 1.33 bits per heavy atom. The summed E-state index contributed by atoms with van der Waals surface area (Å²) in [6, 6.07) is 3.88. The fourth-order valence-electron chi connectivity index (χ4n) is 1.99. The van der Waals surface area contributed by atoms with Gasteiger partial charge in [-0.2, -0.15) is 0 Å². The molecule has 0 saturated carbocycles. The van der Waals surface area contributed by atoms with Crippen molar-refractivity contribution in [1.82, 2.24) is 0 Å². The maximum absolute atomic E-state index is 11.6. The molecular weight excluding hydrogens is 228 g/mol. The highest BCUT2D eigenvalue weighted by Gasteiger charge is 2.28. The van der Waals surface area contributed by atoms with E-state index in [0.717, 1.165) is 21.2 Å². The van der Waals surface area contributed by atoms with E-state index in [2.05, 4.69) is 13.8 Å². The van der Waals surface area contributed by atoms with Crippen LogP contribution in [0, 0.1) is 5.41 Å². The van der Waals surface area contributed by atoms with E-state index < -0.39 is 0 Å². The first-order valence-electron chi connectivity index (χ1n) is 4.95. The van der Waals surface area contributed by atoms with Gasteiger partial charge in [0.2, 0.25) is 0 Å². The number of thiophene rings is 1. The van der Waals surface area contributed by atoms with Crippen LogP contribution in [0.25, 0.3) is 5.57 Å². The molecule has 0 unspecified atom stereocenters. The third-order valence-corrected chi connectivity index (χ3v) is 3.85. The zero-order valence-electron chi connectivity index (χ0n) is 8.84. The van der Waals surface area contributed by atoms with E-state index in [-0.39, 0.29) is 11.2 Å². The molecule has 0 N–H and O–H groups in total. The van der Waals surface area contributed by atoms with Crippen LogP contribution >= 0.6 is 22.9 Å². The summed E-state index contributed by atoms with van der Waals surface area (Å²) in [6.07, 6.45) is 3.37. The molecule has 0 bridgehead atoms. The minimum Gasteiger partial charge on any atom is -0.295 e. The second kappa shape index (κ2) is 3.76. The quantitative estimate of drug-likeness (QED) is 0.720. The minimum atomic E-state index is 0.0810. The highest BCUT2D eigenvalue weighted by Crippen LogP contribution is 2.40. The maximum atomic E-state index is 11.6. The molecule has 1 heterocycles. The van der Waals surface area contributed by atoms with Crippen LogP contribution in [0.1, 0.15) is 31.6 Å². The lowest BCUT2D eigenvalue weighted by atomic mass is 9.76. The topological polar surface area (TPSA) is 17.1 Å². The van der Waals surface area contributed by atoms with Crippen molar-refractivity contribution in [3.8, 4) is 0 Å². The normalized spacial score (nSPS) is 20.2. The van der Waals surface area contributed by atoms with E-state index in [1.54, 1.807) is 17.4 Å². The van der Waals surface area contributed by atoms with Crippen molar-refractivity contribution in [1.29, 1.82) is 0 Å². The minimum absolute atomic E-state index is 0.0810. The van der Waals surface area contributed by atoms with Gasteiger partial charge in [0.1, 0.15) is 0 Å². The zero-order chi connectivity index (χ0) is 11.1. The molecule has 0 atom stereocenters. The van der Waals surface area contributed by atoms with Crippen LogP contribution < -0.4 is 0 Å². The number of allylic oxidation sites excluding steroid dienone is 2. The highest BCUT2D eigenvalue weighted by atomic mass is 35.5. The van der Waals surface area contributed by atoms with E-state index in [4.69, 9.17) is 11.6 Å². The molecule has 15 heavy (non-hydrogen) atoms. The summed E-state index contributed by atoms with van der Waals surface area (Å²) in [5.41, 5.74) is 1.21. The number of hydrogen-bond donors (Lipinski definition) is 0. The van der Waals surface area contributed by atoms with Gasteiger partial charge in [-0.3, -0.25) is 4.79 Å². The number of carbonyl (C=O) groups excluding carboxylic acids is 1.